The maximum absolute atomic E-state index is 11.9. The van der Waals surface area contributed by atoms with Crippen molar-refractivity contribution >= 4 is 11.9 Å². The van der Waals surface area contributed by atoms with E-state index in [0.717, 1.165) is 43.4 Å². The van der Waals surface area contributed by atoms with Crippen LogP contribution in [-0.4, -0.2) is 30.7 Å². The highest BCUT2D eigenvalue weighted by atomic mass is 16.5. The Kier molecular flexibility index (Phi) is 3.96. The van der Waals surface area contributed by atoms with E-state index >= 15 is 0 Å². The van der Waals surface area contributed by atoms with E-state index in [1.807, 2.05) is 0 Å². The van der Waals surface area contributed by atoms with Gasteiger partial charge in [-0.3, -0.25) is 9.59 Å². The van der Waals surface area contributed by atoms with Crippen LogP contribution in [-0.2, 0) is 22.4 Å². The normalized spacial score (nSPS) is 14.5. The molecule has 0 spiro atoms. The lowest BCUT2D eigenvalue weighted by molar-refractivity contribution is -0.139. The Balaban J connectivity index is 2.06. The first kappa shape index (κ1) is 12.6. The zero-order valence-electron chi connectivity index (χ0n) is 10.3. The van der Waals surface area contributed by atoms with Gasteiger partial charge in [-0.2, -0.15) is 0 Å². The van der Waals surface area contributed by atoms with Crippen LogP contribution in [0, 0.1) is 0 Å². The van der Waals surface area contributed by atoms with Gasteiger partial charge >= 0.3 is 5.97 Å². The van der Waals surface area contributed by atoms with Gasteiger partial charge < -0.3 is 14.6 Å². The Labute approximate surface area is 105 Å². The third kappa shape index (κ3) is 2.69. The standard InChI is InChI=1S/C12H16N2O4/c1-17-10(15)7-13-12(16)11-8-5-3-2-4-6-9(8)18-14-11/h2-7H2,1H3,(H,13,16). The number of carbonyl (C=O) groups excluding carboxylic acids is 2. The molecule has 0 unspecified atom stereocenters. The van der Waals surface area contributed by atoms with E-state index in [1.165, 1.54) is 7.11 Å². The van der Waals surface area contributed by atoms with Gasteiger partial charge in [-0.05, 0) is 19.3 Å². The number of hydrogen-bond donors (Lipinski definition) is 1. The molecule has 0 aliphatic heterocycles. The number of fused-ring (bicyclic) bond motifs is 1. The Morgan fingerprint density at radius 1 is 1.33 bits per heavy atom. The van der Waals surface area contributed by atoms with Gasteiger partial charge in [0.15, 0.2) is 5.69 Å². The van der Waals surface area contributed by atoms with Gasteiger partial charge in [0.2, 0.25) is 0 Å². The number of aryl methyl sites for hydroxylation is 1. The number of aromatic nitrogens is 1. The number of esters is 1. The Hall–Kier alpha value is -1.85. The van der Waals surface area contributed by atoms with Crippen molar-refractivity contribution in [3.05, 3.63) is 17.0 Å². The van der Waals surface area contributed by atoms with Crippen molar-refractivity contribution < 1.29 is 18.8 Å². The van der Waals surface area contributed by atoms with Crippen molar-refractivity contribution in [2.75, 3.05) is 13.7 Å². The van der Waals surface area contributed by atoms with Gasteiger partial charge in [0, 0.05) is 12.0 Å². The van der Waals surface area contributed by atoms with Crippen molar-refractivity contribution in [2.45, 2.75) is 32.1 Å². The van der Waals surface area contributed by atoms with E-state index in [2.05, 4.69) is 15.2 Å². The average molecular weight is 252 g/mol. The summed E-state index contributed by atoms with van der Waals surface area (Å²) in [5.74, 6) is -0.0686. The first-order chi connectivity index (χ1) is 8.72. The number of ether oxygens (including phenoxy) is 1. The molecule has 1 aliphatic carbocycles. The van der Waals surface area contributed by atoms with Crippen molar-refractivity contribution in [1.82, 2.24) is 10.5 Å². The smallest absolute Gasteiger partial charge is 0.325 e. The quantitative estimate of drug-likeness (QED) is 0.637. The highest BCUT2D eigenvalue weighted by molar-refractivity contribution is 5.95. The lowest BCUT2D eigenvalue weighted by Crippen LogP contribution is -2.31. The molecule has 0 saturated carbocycles. The summed E-state index contributed by atoms with van der Waals surface area (Å²) < 4.78 is 9.65. The number of amides is 1. The largest absolute Gasteiger partial charge is 0.468 e. The predicted octanol–water partition coefficient (Wildman–Crippen LogP) is 0.846. The number of hydrogen-bond acceptors (Lipinski definition) is 5. The fourth-order valence-electron chi connectivity index (χ4n) is 2.05. The topological polar surface area (TPSA) is 81.4 Å². The third-order valence-corrected chi connectivity index (χ3v) is 3.04. The molecule has 0 radical (unpaired) electrons. The number of nitrogens with one attached hydrogen (secondary N) is 1. The number of carbonyl (C=O) groups is 2. The Morgan fingerprint density at radius 2 is 2.11 bits per heavy atom. The maximum Gasteiger partial charge on any atom is 0.325 e. The molecule has 0 bridgehead atoms. The SMILES string of the molecule is COC(=O)CNC(=O)c1noc2c1CCCCC2. The molecule has 98 valence electrons. The molecule has 0 fully saturated rings. The summed E-state index contributed by atoms with van der Waals surface area (Å²) in [6, 6.07) is 0. The van der Waals surface area contributed by atoms with Crippen molar-refractivity contribution in [3.8, 4) is 0 Å². The summed E-state index contributed by atoms with van der Waals surface area (Å²) >= 11 is 0. The summed E-state index contributed by atoms with van der Waals surface area (Å²) in [5.41, 5.74) is 1.19. The third-order valence-electron chi connectivity index (χ3n) is 3.04. The van der Waals surface area contributed by atoms with Gasteiger partial charge in [0.25, 0.3) is 5.91 Å². The summed E-state index contributed by atoms with van der Waals surface area (Å²) in [7, 11) is 1.27. The molecule has 1 aliphatic rings. The zero-order valence-corrected chi connectivity index (χ0v) is 10.3. The molecular weight excluding hydrogens is 236 g/mol. The van der Waals surface area contributed by atoms with Crippen LogP contribution in [0.2, 0.25) is 0 Å². The molecule has 18 heavy (non-hydrogen) atoms. The molecule has 1 heterocycles. The minimum absolute atomic E-state index is 0.156. The Morgan fingerprint density at radius 3 is 2.89 bits per heavy atom. The van der Waals surface area contributed by atoms with Crippen LogP contribution in [0.1, 0.15) is 41.1 Å². The summed E-state index contributed by atoms with van der Waals surface area (Å²) in [6.45, 7) is -0.156. The van der Waals surface area contributed by atoms with Crippen LogP contribution in [0.3, 0.4) is 0 Å². The fourth-order valence-corrected chi connectivity index (χ4v) is 2.05. The van der Waals surface area contributed by atoms with E-state index in [0.29, 0.717) is 5.69 Å². The average Bonchev–Trinajstić information content (AvgIpc) is 2.64. The molecule has 0 atom stereocenters. The van der Waals surface area contributed by atoms with Gasteiger partial charge in [0.1, 0.15) is 12.3 Å². The molecule has 1 aromatic heterocycles. The van der Waals surface area contributed by atoms with E-state index in [4.69, 9.17) is 4.52 Å². The number of methoxy groups -OCH3 is 1. The van der Waals surface area contributed by atoms with Crippen LogP contribution in [0.4, 0.5) is 0 Å². The van der Waals surface area contributed by atoms with E-state index in [1.54, 1.807) is 0 Å². The maximum atomic E-state index is 11.9. The van der Waals surface area contributed by atoms with Crippen LogP contribution in [0.5, 0.6) is 0 Å². The first-order valence-corrected chi connectivity index (χ1v) is 6.05. The van der Waals surface area contributed by atoms with Gasteiger partial charge in [0.05, 0.1) is 7.11 Å². The van der Waals surface area contributed by atoms with Crippen LogP contribution in [0.25, 0.3) is 0 Å². The monoisotopic (exact) mass is 252 g/mol. The highest BCUT2D eigenvalue weighted by Crippen LogP contribution is 2.23. The molecule has 6 nitrogen and oxygen atoms in total. The molecule has 0 saturated heterocycles. The highest BCUT2D eigenvalue weighted by Gasteiger charge is 2.23. The van der Waals surface area contributed by atoms with Gasteiger partial charge in [-0.15, -0.1) is 0 Å². The van der Waals surface area contributed by atoms with E-state index in [9.17, 15) is 9.59 Å². The summed E-state index contributed by atoms with van der Waals surface area (Å²) in [4.78, 5) is 22.8. The second-order valence-electron chi connectivity index (χ2n) is 4.25. The van der Waals surface area contributed by atoms with Crippen LogP contribution in [0.15, 0.2) is 4.52 Å². The van der Waals surface area contributed by atoms with Gasteiger partial charge in [-0.25, -0.2) is 0 Å². The minimum atomic E-state index is -0.488. The van der Waals surface area contributed by atoms with Crippen LogP contribution < -0.4 is 5.32 Å². The Bertz CT molecular complexity index is 453. The molecule has 1 N–H and O–H groups in total. The molecular formula is C12H16N2O4. The summed E-state index contributed by atoms with van der Waals surface area (Å²) in [6.07, 6.45) is 4.86. The summed E-state index contributed by atoms with van der Waals surface area (Å²) in [5, 5.41) is 6.27. The molecule has 6 heteroatoms. The molecule has 1 amide bonds. The van der Waals surface area contributed by atoms with Crippen molar-refractivity contribution in [2.24, 2.45) is 0 Å². The van der Waals surface area contributed by atoms with Gasteiger partial charge in [-0.1, -0.05) is 11.6 Å². The molecule has 0 aromatic carbocycles. The second-order valence-corrected chi connectivity index (χ2v) is 4.25. The molecule has 1 aromatic rings. The number of nitrogens with zero attached hydrogens (tertiary/aromatic N) is 1. The van der Waals surface area contributed by atoms with Crippen LogP contribution >= 0.6 is 0 Å². The fraction of sp³-hybridized carbons (Fsp3) is 0.583. The lowest BCUT2D eigenvalue weighted by Gasteiger charge is -2.02. The predicted molar refractivity (Wildman–Crippen MR) is 62.1 cm³/mol. The first-order valence-electron chi connectivity index (χ1n) is 6.05. The van der Waals surface area contributed by atoms with E-state index in [-0.39, 0.29) is 12.5 Å². The second kappa shape index (κ2) is 5.66. The minimum Gasteiger partial charge on any atom is -0.468 e. The van der Waals surface area contributed by atoms with Crippen molar-refractivity contribution in [3.63, 3.8) is 0 Å². The zero-order chi connectivity index (χ0) is 13.0. The van der Waals surface area contributed by atoms with E-state index < -0.39 is 5.97 Å². The number of rotatable bonds is 3. The molecule has 2 rings (SSSR count). The van der Waals surface area contributed by atoms with Crippen molar-refractivity contribution in [1.29, 1.82) is 0 Å². The lowest BCUT2D eigenvalue weighted by atomic mass is 10.1.